The summed E-state index contributed by atoms with van der Waals surface area (Å²) in [4.78, 5) is 23.3. The molecule has 0 spiro atoms. The van der Waals surface area contributed by atoms with Gasteiger partial charge in [0.25, 0.3) is 0 Å². The third-order valence-corrected chi connectivity index (χ3v) is 2.78. The van der Waals surface area contributed by atoms with Crippen molar-refractivity contribution in [2.75, 3.05) is 11.4 Å². The highest BCUT2D eigenvalue weighted by Gasteiger charge is 2.38. The van der Waals surface area contributed by atoms with E-state index in [1.807, 2.05) is 0 Å². The number of amides is 1. The Morgan fingerprint density at radius 2 is 1.83 bits per heavy atom. The quantitative estimate of drug-likeness (QED) is 0.647. The number of rotatable bonds is 2. The lowest BCUT2D eigenvalue weighted by atomic mass is 10.1. The van der Waals surface area contributed by atoms with Crippen LogP contribution in [0.4, 0.5) is 18.9 Å². The number of aliphatic carboxylic acids is 1. The molecular formula is C11H8F3NO3. The summed E-state index contributed by atoms with van der Waals surface area (Å²) in [6.45, 7) is 0.0281. The molecular weight excluding hydrogens is 251 g/mol. The van der Waals surface area contributed by atoms with Gasteiger partial charge in [0.15, 0.2) is 17.5 Å². The molecule has 4 nitrogen and oxygen atoms in total. The van der Waals surface area contributed by atoms with Gasteiger partial charge in [0.1, 0.15) is 5.92 Å². The number of carbonyl (C=O) groups excluding carboxylic acids is 1. The Morgan fingerprint density at radius 1 is 1.28 bits per heavy atom. The number of hydrogen-bond acceptors (Lipinski definition) is 2. The number of benzene rings is 1. The lowest BCUT2D eigenvalue weighted by molar-refractivity contribution is -0.144. The highest BCUT2D eigenvalue weighted by atomic mass is 19.2. The van der Waals surface area contributed by atoms with Crippen molar-refractivity contribution in [3.63, 3.8) is 0 Å². The zero-order chi connectivity index (χ0) is 13.4. The van der Waals surface area contributed by atoms with Crippen LogP contribution in [0.25, 0.3) is 0 Å². The molecule has 1 saturated heterocycles. The molecule has 1 aliphatic rings. The van der Waals surface area contributed by atoms with E-state index in [4.69, 9.17) is 5.11 Å². The minimum absolute atomic E-state index is 0.0281. The van der Waals surface area contributed by atoms with Crippen molar-refractivity contribution >= 4 is 17.6 Å². The predicted octanol–water partition coefficient (Wildman–Crippen LogP) is 1.54. The van der Waals surface area contributed by atoms with Gasteiger partial charge in [0.2, 0.25) is 5.91 Å². The van der Waals surface area contributed by atoms with Crippen LogP contribution in [0, 0.1) is 23.4 Å². The van der Waals surface area contributed by atoms with Gasteiger partial charge < -0.3 is 10.0 Å². The van der Waals surface area contributed by atoms with Crippen LogP contribution in [0.1, 0.15) is 6.42 Å². The summed E-state index contributed by atoms with van der Waals surface area (Å²) in [5, 5.41) is 8.75. The molecule has 18 heavy (non-hydrogen) atoms. The number of carbonyl (C=O) groups is 2. The third-order valence-electron chi connectivity index (χ3n) is 2.78. The van der Waals surface area contributed by atoms with Crippen LogP contribution in [0.3, 0.4) is 0 Å². The summed E-state index contributed by atoms with van der Waals surface area (Å²) in [6, 6.07) is 1.33. The smallest absolute Gasteiger partial charge is 0.316 e. The first-order valence-electron chi connectivity index (χ1n) is 5.10. The summed E-state index contributed by atoms with van der Waals surface area (Å²) in [5.74, 6) is -7.73. The number of carboxylic acids is 1. The van der Waals surface area contributed by atoms with E-state index in [0.717, 1.165) is 4.90 Å². The summed E-state index contributed by atoms with van der Waals surface area (Å²) in [6.07, 6.45) is 0.0504. The van der Waals surface area contributed by atoms with Gasteiger partial charge in [0, 0.05) is 24.4 Å². The number of halogens is 3. The van der Waals surface area contributed by atoms with E-state index in [9.17, 15) is 22.8 Å². The minimum atomic E-state index is -1.62. The molecule has 2 rings (SSSR count). The summed E-state index contributed by atoms with van der Waals surface area (Å²) in [5.41, 5.74) is -0.180. The molecule has 0 aliphatic carbocycles. The van der Waals surface area contributed by atoms with E-state index in [1.165, 1.54) is 0 Å². The molecule has 1 unspecified atom stereocenters. The molecule has 0 radical (unpaired) electrons. The standard InChI is InChI=1S/C11H8F3NO3/c12-7-3-5(4-8(13)9(7)14)15-2-1-6(10(15)16)11(17)18/h3-4,6H,1-2H2,(H,17,18). The Hall–Kier alpha value is -2.05. The van der Waals surface area contributed by atoms with Crippen LogP contribution in [-0.4, -0.2) is 23.5 Å². The lowest BCUT2D eigenvalue weighted by Crippen LogP contribution is -2.30. The molecule has 1 atom stereocenters. The molecule has 1 heterocycles. The molecule has 7 heteroatoms. The zero-order valence-electron chi connectivity index (χ0n) is 8.99. The first-order valence-corrected chi connectivity index (χ1v) is 5.10. The van der Waals surface area contributed by atoms with Gasteiger partial charge in [-0.3, -0.25) is 9.59 Å². The summed E-state index contributed by atoms with van der Waals surface area (Å²) < 4.78 is 38.8. The van der Waals surface area contributed by atoms with Crippen LogP contribution in [0.15, 0.2) is 12.1 Å². The van der Waals surface area contributed by atoms with Gasteiger partial charge in [0.05, 0.1) is 0 Å². The van der Waals surface area contributed by atoms with E-state index in [0.29, 0.717) is 12.1 Å². The van der Waals surface area contributed by atoms with Crippen molar-refractivity contribution in [1.29, 1.82) is 0 Å². The van der Waals surface area contributed by atoms with Gasteiger partial charge in [-0.2, -0.15) is 0 Å². The monoisotopic (exact) mass is 259 g/mol. The lowest BCUT2D eigenvalue weighted by Gasteiger charge is -2.16. The Morgan fingerprint density at radius 3 is 2.28 bits per heavy atom. The van der Waals surface area contributed by atoms with Gasteiger partial charge in [-0.05, 0) is 6.42 Å². The Bertz CT molecular complexity index is 509. The van der Waals surface area contributed by atoms with E-state index in [-0.39, 0.29) is 18.7 Å². The topological polar surface area (TPSA) is 57.6 Å². The number of hydrogen-bond donors (Lipinski definition) is 1. The number of anilines is 1. The Labute approximate surface area is 99.6 Å². The second-order valence-electron chi connectivity index (χ2n) is 3.89. The van der Waals surface area contributed by atoms with Crippen molar-refractivity contribution in [1.82, 2.24) is 0 Å². The number of nitrogens with zero attached hydrogens (tertiary/aromatic N) is 1. The van der Waals surface area contributed by atoms with Crippen LogP contribution in [0.5, 0.6) is 0 Å². The fraction of sp³-hybridized carbons (Fsp3) is 0.273. The Balaban J connectivity index is 2.34. The van der Waals surface area contributed by atoms with Crippen molar-refractivity contribution in [3.8, 4) is 0 Å². The zero-order valence-corrected chi connectivity index (χ0v) is 8.99. The normalized spacial score (nSPS) is 19.4. The van der Waals surface area contributed by atoms with Crippen molar-refractivity contribution < 1.29 is 27.9 Å². The van der Waals surface area contributed by atoms with E-state index in [1.54, 1.807) is 0 Å². The highest BCUT2D eigenvalue weighted by Crippen LogP contribution is 2.27. The second kappa shape index (κ2) is 4.32. The fourth-order valence-corrected chi connectivity index (χ4v) is 1.86. The summed E-state index contributed by atoms with van der Waals surface area (Å²) >= 11 is 0. The summed E-state index contributed by atoms with van der Waals surface area (Å²) in [7, 11) is 0. The van der Waals surface area contributed by atoms with E-state index >= 15 is 0 Å². The van der Waals surface area contributed by atoms with Gasteiger partial charge in [-0.15, -0.1) is 0 Å². The van der Waals surface area contributed by atoms with Gasteiger partial charge in [-0.1, -0.05) is 0 Å². The first kappa shape index (κ1) is 12.4. The average molecular weight is 259 g/mol. The molecule has 1 aliphatic heterocycles. The molecule has 1 aromatic carbocycles. The van der Waals surface area contributed by atoms with Crippen molar-refractivity contribution in [2.24, 2.45) is 5.92 Å². The third kappa shape index (κ3) is 1.92. The molecule has 1 N–H and O–H groups in total. The number of carboxylic acid groups (broad SMARTS) is 1. The van der Waals surface area contributed by atoms with Crippen LogP contribution in [-0.2, 0) is 9.59 Å². The van der Waals surface area contributed by atoms with Crippen LogP contribution >= 0.6 is 0 Å². The largest absolute Gasteiger partial charge is 0.481 e. The molecule has 0 aromatic heterocycles. The fourth-order valence-electron chi connectivity index (χ4n) is 1.86. The molecule has 0 bridgehead atoms. The maximum Gasteiger partial charge on any atom is 0.316 e. The first-order chi connectivity index (χ1) is 8.41. The molecule has 96 valence electrons. The van der Waals surface area contributed by atoms with E-state index in [2.05, 4.69) is 0 Å². The van der Waals surface area contributed by atoms with Crippen molar-refractivity contribution in [2.45, 2.75) is 6.42 Å². The molecule has 1 amide bonds. The molecule has 0 saturated carbocycles. The Kier molecular flexibility index (Phi) is 2.98. The molecule has 1 fully saturated rings. The van der Waals surface area contributed by atoms with Gasteiger partial charge in [-0.25, -0.2) is 13.2 Å². The van der Waals surface area contributed by atoms with Crippen LogP contribution < -0.4 is 4.90 Å². The highest BCUT2D eigenvalue weighted by molar-refractivity contribution is 6.07. The predicted molar refractivity (Wildman–Crippen MR) is 54.4 cm³/mol. The SMILES string of the molecule is O=C(O)C1CCN(c2cc(F)c(F)c(F)c2)C1=O. The van der Waals surface area contributed by atoms with Crippen LogP contribution in [0.2, 0.25) is 0 Å². The average Bonchev–Trinajstić information content (AvgIpc) is 2.67. The molecule has 1 aromatic rings. The maximum absolute atomic E-state index is 13.0. The van der Waals surface area contributed by atoms with Gasteiger partial charge >= 0.3 is 5.97 Å². The minimum Gasteiger partial charge on any atom is -0.481 e. The van der Waals surface area contributed by atoms with Crippen molar-refractivity contribution in [3.05, 3.63) is 29.6 Å². The van der Waals surface area contributed by atoms with E-state index < -0.39 is 35.2 Å². The maximum atomic E-state index is 13.0. The second-order valence-corrected chi connectivity index (χ2v) is 3.89.